The first kappa shape index (κ1) is 10.8. The number of carbonyl (C=O) groups excluding carboxylic acids is 1. The third-order valence-corrected chi connectivity index (χ3v) is 1.63. The predicted molar refractivity (Wildman–Crippen MR) is 42.7 cm³/mol. The minimum absolute atomic E-state index is 0.00471. The highest BCUT2D eigenvalue weighted by molar-refractivity contribution is 6.37. The quantitative estimate of drug-likeness (QED) is 0.415. The van der Waals surface area contributed by atoms with Gasteiger partial charge < -0.3 is 9.84 Å². The van der Waals surface area contributed by atoms with Gasteiger partial charge in [0, 0.05) is 0 Å². The van der Waals surface area contributed by atoms with Gasteiger partial charge in [-0.1, -0.05) is 24.3 Å². The van der Waals surface area contributed by atoms with Crippen LogP contribution in [0.5, 0.6) is 0 Å². The van der Waals surface area contributed by atoms with Crippen molar-refractivity contribution in [1.82, 2.24) is 0 Å². The predicted octanol–water partition coefficient (Wildman–Crippen LogP) is 0.882. The van der Waals surface area contributed by atoms with E-state index < -0.39 is 16.9 Å². The summed E-state index contributed by atoms with van der Waals surface area (Å²) in [4.78, 5) is 10.7. The summed E-state index contributed by atoms with van der Waals surface area (Å²) in [6.45, 7) is 3.31. The zero-order chi connectivity index (χ0) is 8.91. The van der Waals surface area contributed by atoms with E-state index in [-0.39, 0.29) is 6.61 Å². The Balaban J connectivity index is 3.91. The van der Waals surface area contributed by atoms with E-state index in [4.69, 9.17) is 28.3 Å². The van der Waals surface area contributed by atoms with Gasteiger partial charge in [0.2, 0.25) is 0 Å². The molecule has 64 valence electrons. The Bertz CT molecular complexity index is 156. The van der Waals surface area contributed by atoms with Crippen LogP contribution in [0.25, 0.3) is 0 Å². The summed E-state index contributed by atoms with van der Waals surface area (Å²) < 4.78 is 4.42. The van der Waals surface area contributed by atoms with Crippen molar-refractivity contribution < 1.29 is 14.6 Å². The maximum absolute atomic E-state index is 10.7. The summed E-state index contributed by atoms with van der Waals surface area (Å²) in [5, 5.41) is 6.82. The number of carbonyl (C=O) groups is 1. The molecule has 0 bridgehead atoms. The summed E-state index contributed by atoms with van der Waals surface area (Å²) in [7, 11) is 0. The van der Waals surface area contributed by atoms with E-state index in [2.05, 4.69) is 11.3 Å². The van der Waals surface area contributed by atoms with Gasteiger partial charge in [-0.15, -0.1) is 11.6 Å². The van der Waals surface area contributed by atoms with Crippen molar-refractivity contribution in [3.8, 4) is 0 Å². The highest BCUT2D eigenvalue weighted by atomic mass is 35.5. The van der Waals surface area contributed by atoms with E-state index in [1.165, 1.54) is 6.08 Å². The van der Waals surface area contributed by atoms with Crippen LogP contribution < -0.4 is 0 Å². The molecule has 0 radical (unpaired) electrons. The Kier molecular flexibility index (Phi) is 4.49. The molecule has 0 saturated heterocycles. The van der Waals surface area contributed by atoms with Crippen molar-refractivity contribution in [3.63, 3.8) is 0 Å². The van der Waals surface area contributed by atoms with Gasteiger partial charge in [0.15, 0.2) is 0 Å². The molecular formula is C6H8Cl2O3. The molecule has 0 aliphatic carbocycles. The van der Waals surface area contributed by atoms with Crippen molar-refractivity contribution >= 4 is 29.2 Å². The van der Waals surface area contributed by atoms with Crippen LogP contribution in [0.15, 0.2) is 12.7 Å². The Morgan fingerprint density at radius 1 is 1.82 bits per heavy atom. The van der Waals surface area contributed by atoms with Crippen molar-refractivity contribution in [2.45, 2.75) is 5.06 Å². The Labute approximate surface area is 74.6 Å². The standard InChI is InChI=1S/C6H8Cl2O3/c1-2-3-11-5(9)6(8,10)4-7/h2,10H,1,3-4H2. The van der Waals surface area contributed by atoms with Gasteiger partial charge in [0.25, 0.3) is 5.06 Å². The van der Waals surface area contributed by atoms with Crippen molar-refractivity contribution in [2.75, 3.05) is 12.5 Å². The molecule has 0 rings (SSSR count). The smallest absolute Gasteiger partial charge is 0.355 e. The number of hydrogen-bond donors (Lipinski definition) is 1. The van der Waals surface area contributed by atoms with Crippen LogP contribution in [0.2, 0.25) is 0 Å². The average Bonchev–Trinajstić information content (AvgIpc) is 2.00. The summed E-state index contributed by atoms with van der Waals surface area (Å²) >= 11 is 10.4. The largest absolute Gasteiger partial charge is 0.458 e. The summed E-state index contributed by atoms with van der Waals surface area (Å²) in [5.74, 6) is -1.38. The van der Waals surface area contributed by atoms with Crippen molar-refractivity contribution in [1.29, 1.82) is 0 Å². The van der Waals surface area contributed by atoms with Crippen LogP contribution in [0.4, 0.5) is 0 Å². The van der Waals surface area contributed by atoms with Gasteiger partial charge in [0.1, 0.15) is 6.61 Å². The molecule has 0 aromatic carbocycles. The van der Waals surface area contributed by atoms with Gasteiger partial charge in [-0.3, -0.25) is 0 Å². The molecule has 5 heteroatoms. The number of esters is 1. The third-order valence-electron chi connectivity index (χ3n) is 0.822. The zero-order valence-electron chi connectivity index (χ0n) is 5.72. The molecule has 1 unspecified atom stereocenters. The van der Waals surface area contributed by atoms with Crippen molar-refractivity contribution in [2.24, 2.45) is 0 Å². The van der Waals surface area contributed by atoms with Crippen LogP contribution in [0.3, 0.4) is 0 Å². The van der Waals surface area contributed by atoms with E-state index in [0.717, 1.165) is 0 Å². The van der Waals surface area contributed by atoms with Gasteiger partial charge >= 0.3 is 5.97 Å². The molecular weight excluding hydrogens is 191 g/mol. The van der Waals surface area contributed by atoms with Gasteiger partial charge in [0.05, 0.1) is 5.88 Å². The molecule has 0 saturated carbocycles. The lowest BCUT2D eigenvalue weighted by Gasteiger charge is -2.14. The number of halogens is 2. The molecule has 1 atom stereocenters. The van der Waals surface area contributed by atoms with Gasteiger partial charge in [-0.25, -0.2) is 4.79 Å². The van der Waals surface area contributed by atoms with Crippen LogP contribution in [0, 0.1) is 0 Å². The Morgan fingerprint density at radius 2 is 2.36 bits per heavy atom. The van der Waals surface area contributed by atoms with Crippen LogP contribution >= 0.6 is 23.2 Å². The fraction of sp³-hybridized carbons (Fsp3) is 0.500. The number of rotatable bonds is 4. The number of aliphatic hydroxyl groups is 1. The van der Waals surface area contributed by atoms with E-state index in [0.29, 0.717) is 0 Å². The van der Waals surface area contributed by atoms with Gasteiger partial charge in [-0.2, -0.15) is 0 Å². The normalized spacial score (nSPS) is 15.2. The first-order valence-electron chi connectivity index (χ1n) is 2.80. The fourth-order valence-electron chi connectivity index (χ4n) is 0.300. The monoisotopic (exact) mass is 198 g/mol. The van der Waals surface area contributed by atoms with E-state index >= 15 is 0 Å². The Hall–Kier alpha value is -0.250. The maximum Gasteiger partial charge on any atom is 0.355 e. The van der Waals surface area contributed by atoms with Crippen LogP contribution in [-0.2, 0) is 9.53 Å². The van der Waals surface area contributed by atoms with Crippen LogP contribution in [-0.4, -0.2) is 28.6 Å². The summed E-state index contributed by atoms with van der Waals surface area (Å²) in [6, 6.07) is 0. The molecule has 1 N–H and O–H groups in total. The molecule has 3 nitrogen and oxygen atoms in total. The lowest BCUT2D eigenvalue weighted by Crippen LogP contribution is -2.35. The second-order valence-corrected chi connectivity index (χ2v) is 2.67. The molecule has 0 spiro atoms. The van der Waals surface area contributed by atoms with E-state index in [9.17, 15) is 4.79 Å². The topological polar surface area (TPSA) is 46.5 Å². The van der Waals surface area contributed by atoms with Gasteiger partial charge in [-0.05, 0) is 0 Å². The molecule has 0 fully saturated rings. The molecule has 0 amide bonds. The third kappa shape index (κ3) is 3.60. The fourth-order valence-corrected chi connectivity index (χ4v) is 0.463. The highest BCUT2D eigenvalue weighted by Gasteiger charge is 2.33. The second kappa shape index (κ2) is 4.59. The molecule has 0 aromatic rings. The first-order valence-corrected chi connectivity index (χ1v) is 3.71. The van der Waals surface area contributed by atoms with Crippen LogP contribution in [0.1, 0.15) is 0 Å². The number of hydrogen-bond acceptors (Lipinski definition) is 3. The maximum atomic E-state index is 10.7. The van der Waals surface area contributed by atoms with Crippen molar-refractivity contribution in [3.05, 3.63) is 12.7 Å². The molecule has 0 aliphatic heterocycles. The molecule has 11 heavy (non-hydrogen) atoms. The minimum Gasteiger partial charge on any atom is -0.458 e. The minimum atomic E-state index is -2.12. The lowest BCUT2D eigenvalue weighted by atomic mass is 10.4. The highest BCUT2D eigenvalue weighted by Crippen LogP contribution is 2.14. The molecule has 0 aliphatic rings. The van der Waals surface area contributed by atoms with E-state index in [1.54, 1.807) is 0 Å². The van der Waals surface area contributed by atoms with E-state index in [1.807, 2.05) is 0 Å². The summed E-state index contributed by atoms with van der Waals surface area (Å²) in [5.41, 5.74) is 0. The molecule has 0 aromatic heterocycles. The first-order chi connectivity index (χ1) is 5.04. The lowest BCUT2D eigenvalue weighted by molar-refractivity contribution is -0.154. The second-order valence-electron chi connectivity index (χ2n) is 1.78. The Morgan fingerprint density at radius 3 is 2.73 bits per heavy atom. The average molecular weight is 199 g/mol. The number of ether oxygens (including phenoxy) is 1. The SMILES string of the molecule is C=CCOC(=O)C(O)(Cl)CCl. The summed E-state index contributed by atoms with van der Waals surface area (Å²) in [6.07, 6.45) is 1.36. The number of alkyl halides is 2. The zero-order valence-corrected chi connectivity index (χ0v) is 7.23. The molecule has 0 heterocycles.